The molecule has 3 nitrogen and oxygen atoms in total. The number of ether oxygens (including phenoxy) is 1. The van der Waals surface area contributed by atoms with Crippen LogP contribution < -0.4 is 4.90 Å². The molecule has 1 fully saturated rings. The van der Waals surface area contributed by atoms with Crippen molar-refractivity contribution >= 4 is 11.7 Å². The van der Waals surface area contributed by atoms with Gasteiger partial charge >= 0.3 is 5.97 Å². The van der Waals surface area contributed by atoms with Gasteiger partial charge in [0.2, 0.25) is 0 Å². The van der Waals surface area contributed by atoms with Crippen LogP contribution in [0.3, 0.4) is 0 Å². The lowest BCUT2D eigenvalue weighted by molar-refractivity contribution is -0.147. The molecule has 1 aliphatic rings. The van der Waals surface area contributed by atoms with Gasteiger partial charge in [0.05, 0.1) is 6.04 Å². The van der Waals surface area contributed by atoms with E-state index in [1.165, 1.54) is 25.5 Å². The summed E-state index contributed by atoms with van der Waals surface area (Å²) in [6, 6.07) is 10.7. The monoisotopic (exact) mass is 275 g/mol. The van der Waals surface area contributed by atoms with E-state index in [4.69, 9.17) is 4.74 Å². The first-order valence-electron chi connectivity index (χ1n) is 7.71. The second kappa shape index (κ2) is 7.32. The summed E-state index contributed by atoms with van der Waals surface area (Å²) in [5, 5.41) is 0. The van der Waals surface area contributed by atoms with Crippen molar-refractivity contribution in [3.8, 4) is 0 Å². The molecule has 0 bridgehead atoms. The van der Waals surface area contributed by atoms with Crippen LogP contribution >= 0.6 is 0 Å². The Hall–Kier alpha value is -1.51. The van der Waals surface area contributed by atoms with E-state index >= 15 is 0 Å². The highest BCUT2D eigenvalue weighted by Crippen LogP contribution is 2.28. The van der Waals surface area contributed by atoms with E-state index in [1.54, 1.807) is 0 Å². The quantitative estimate of drug-likeness (QED) is 0.618. The van der Waals surface area contributed by atoms with Gasteiger partial charge in [-0.3, -0.25) is 4.79 Å². The van der Waals surface area contributed by atoms with Gasteiger partial charge in [-0.05, 0) is 38.3 Å². The zero-order valence-corrected chi connectivity index (χ0v) is 12.5. The van der Waals surface area contributed by atoms with Crippen LogP contribution in [0.15, 0.2) is 30.3 Å². The number of para-hydroxylation sites is 1. The lowest BCUT2D eigenvalue weighted by atomic mass is 10.0. The molecule has 0 aliphatic heterocycles. The number of nitrogens with zero attached hydrogens (tertiary/aromatic N) is 1. The Bertz CT molecular complexity index is 418. The van der Waals surface area contributed by atoms with Crippen LogP contribution in [0.2, 0.25) is 0 Å². The minimum absolute atomic E-state index is 0.0233. The molecule has 0 unspecified atom stereocenters. The van der Waals surface area contributed by atoms with Gasteiger partial charge in [-0.25, -0.2) is 0 Å². The molecule has 1 aromatic carbocycles. The molecule has 1 aliphatic carbocycles. The Morgan fingerprint density at radius 2 is 1.90 bits per heavy atom. The van der Waals surface area contributed by atoms with Gasteiger partial charge in [-0.1, -0.05) is 31.0 Å². The molecule has 1 aromatic rings. The normalized spacial score (nSPS) is 22.9. The van der Waals surface area contributed by atoms with Crippen LogP contribution in [-0.4, -0.2) is 24.7 Å². The summed E-state index contributed by atoms with van der Waals surface area (Å²) in [6.07, 6.45) is 5.71. The summed E-state index contributed by atoms with van der Waals surface area (Å²) in [6.45, 7) is 4.62. The fraction of sp³-hybridized carbons (Fsp3) is 0.588. The van der Waals surface area contributed by atoms with Crippen molar-refractivity contribution < 1.29 is 9.53 Å². The topological polar surface area (TPSA) is 29.5 Å². The first kappa shape index (κ1) is 14.9. The minimum atomic E-state index is -0.161. The van der Waals surface area contributed by atoms with Crippen LogP contribution in [0.4, 0.5) is 5.69 Å². The number of hydrogen-bond donors (Lipinski definition) is 0. The predicted molar refractivity (Wildman–Crippen MR) is 81.9 cm³/mol. The number of likely N-dealkylation sites (N-methyl/N-ethyl adjacent to an activating group) is 1. The van der Waals surface area contributed by atoms with Crippen molar-refractivity contribution in [3.05, 3.63) is 30.3 Å². The molecule has 0 radical (unpaired) electrons. The van der Waals surface area contributed by atoms with E-state index in [1.807, 2.05) is 6.07 Å². The molecule has 0 saturated heterocycles. The summed E-state index contributed by atoms with van der Waals surface area (Å²) in [4.78, 5) is 13.8. The van der Waals surface area contributed by atoms with Crippen LogP contribution in [-0.2, 0) is 9.53 Å². The number of anilines is 1. The largest absolute Gasteiger partial charge is 0.460 e. The molecule has 0 heterocycles. The summed E-state index contributed by atoms with van der Waals surface area (Å²) < 4.78 is 5.61. The van der Waals surface area contributed by atoms with E-state index in [9.17, 15) is 4.79 Å². The van der Waals surface area contributed by atoms with Crippen LogP contribution in [0.5, 0.6) is 0 Å². The average Bonchev–Trinajstić information content (AvgIpc) is 2.67. The van der Waals surface area contributed by atoms with E-state index in [0.717, 1.165) is 25.8 Å². The Labute approximate surface area is 121 Å². The zero-order valence-electron chi connectivity index (χ0n) is 12.5. The minimum Gasteiger partial charge on any atom is -0.460 e. The predicted octanol–water partition coefficient (Wildman–Crippen LogP) is 3.78. The summed E-state index contributed by atoms with van der Waals surface area (Å²) in [5.74, 6) is -0.161. The van der Waals surface area contributed by atoms with E-state index in [2.05, 4.69) is 36.1 Å². The zero-order chi connectivity index (χ0) is 14.4. The van der Waals surface area contributed by atoms with Crippen molar-refractivity contribution in [1.29, 1.82) is 0 Å². The van der Waals surface area contributed by atoms with E-state index < -0.39 is 0 Å². The molecule has 0 amide bonds. The molecule has 110 valence electrons. The summed E-state index contributed by atoms with van der Waals surface area (Å²) in [7, 11) is 0. The van der Waals surface area contributed by atoms with Crippen LogP contribution in [0.25, 0.3) is 0 Å². The molecule has 1 saturated carbocycles. The smallest absolute Gasteiger partial charge is 0.302 e. The number of carbonyl (C=O) groups is 1. The summed E-state index contributed by atoms with van der Waals surface area (Å²) in [5.41, 5.74) is 1.22. The van der Waals surface area contributed by atoms with Crippen LogP contribution in [0.1, 0.15) is 46.0 Å². The third kappa shape index (κ3) is 3.75. The van der Waals surface area contributed by atoms with Gasteiger partial charge in [0.25, 0.3) is 0 Å². The highest BCUT2D eigenvalue weighted by Gasteiger charge is 2.30. The number of rotatable bonds is 4. The van der Waals surface area contributed by atoms with Crippen LogP contribution in [0, 0.1) is 0 Å². The maximum Gasteiger partial charge on any atom is 0.302 e. The van der Waals surface area contributed by atoms with Gasteiger partial charge in [-0.15, -0.1) is 0 Å². The van der Waals surface area contributed by atoms with Crippen molar-refractivity contribution in [2.45, 2.75) is 58.1 Å². The third-order valence-electron chi connectivity index (χ3n) is 4.06. The third-order valence-corrected chi connectivity index (χ3v) is 4.06. The first-order valence-corrected chi connectivity index (χ1v) is 7.71. The second-order valence-corrected chi connectivity index (χ2v) is 5.47. The molecule has 0 spiro atoms. The molecular weight excluding hydrogens is 250 g/mol. The molecule has 20 heavy (non-hydrogen) atoms. The maximum absolute atomic E-state index is 11.4. The maximum atomic E-state index is 11.4. The SMILES string of the molecule is CCN(c1ccccc1)[C@H]1CCCCC[C@@H]1OC(C)=O. The Kier molecular flexibility index (Phi) is 5.45. The van der Waals surface area contributed by atoms with Gasteiger partial charge in [-0.2, -0.15) is 0 Å². The fourth-order valence-electron chi connectivity index (χ4n) is 3.19. The van der Waals surface area contributed by atoms with Gasteiger partial charge in [0.15, 0.2) is 0 Å². The number of hydrogen-bond acceptors (Lipinski definition) is 3. The average molecular weight is 275 g/mol. The number of esters is 1. The highest BCUT2D eigenvalue weighted by molar-refractivity contribution is 5.66. The number of carbonyl (C=O) groups excluding carboxylic acids is 1. The molecule has 2 rings (SSSR count). The molecule has 3 heteroatoms. The van der Waals surface area contributed by atoms with Gasteiger partial charge < -0.3 is 9.64 Å². The Balaban J connectivity index is 2.21. The molecule has 0 aromatic heterocycles. The van der Waals surface area contributed by atoms with Crippen molar-refractivity contribution in [2.75, 3.05) is 11.4 Å². The first-order chi connectivity index (χ1) is 9.72. The molecular formula is C17H25NO2. The second-order valence-electron chi connectivity index (χ2n) is 5.47. The van der Waals surface area contributed by atoms with Gasteiger partial charge in [0.1, 0.15) is 6.10 Å². The van der Waals surface area contributed by atoms with Crippen molar-refractivity contribution in [2.24, 2.45) is 0 Å². The lowest BCUT2D eigenvalue weighted by Crippen LogP contribution is -2.45. The van der Waals surface area contributed by atoms with Gasteiger partial charge in [0, 0.05) is 19.2 Å². The van der Waals surface area contributed by atoms with E-state index in [0.29, 0.717) is 6.04 Å². The Morgan fingerprint density at radius 1 is 1.20 bits per heavy atom. The van der Waals surface area contributed by atoms with Crippen molar-refractivity contribution in [3.63, 3.8) is 0 Å². The molecule has 2 atom stereocenters. The lowest BCUT2D eigenvalue weighted by Gasteiger charge is -2.36. The van der Waals surface area contributed by atoms with E-state index in [-0.39, 0.29) is 12.1 Å². The Morgan fingerprint density at radius 3 is 2.55 bits per heavy atom. The highest BCUT2D eigenvalue weighted by atomic mass is 16.5. The fourth-order valence-corrected chi connectivity index (χ4v) is 3.19. The molecule has 0 N–H and O–H groups in total. The van der Waals surface area contributed by atoms with Crippen molar-refractivity contribution in [1.82, 2.24) is 0 Å². The number of benzene rings is 1. The summed E-state index contributed by atoms with van der Waals surface area (Å²) >= 11 is 0. The standard InChI is InChI=1S/C17H25NO2/c1-3-18(15-10-6-4-7-11-15)16-12-8-5-9-13-17(16)20-14(2)19/h4,6-7,10-11,16-17H,3,5,8-9,12-13H2,1-2H3/t16-,17-/m0/s1.